The van der Waals surface area contributed by atoms with E-state index in [2.05, 4.69) is 29.6 Å². The Morgan fingerprint density at radius 3 is 2.73 bits per heavy atom. The summed E-state index contributed by atoms with van der Waals surface area (Å²) in [5.41, 5.74) is 1.27. The molecule has 15 heavy (non-hydrogen) atoms. The van der Waals surface area contributed by atoms with Crippen LogP contribution in [0.4, 0.5) is 0 Å². The van der Waals surface area contributed by atoms with E-state index in [0.29, 0.717) is 5.88 Å². The van der Waals surface area contributed by atoms with Crippen LogP contribution in [0.25, 0.3) is 0 Å². The van der Waals surface area contributed by atoms with Crippen LogP contribution in [0.5, 0.6) is 0 Å². The monoisotopic (exact) mass is 225 g/mol. The van der Waals surface area contributed by atoms with Gasteiger partial charge in [0.25, 0.3) is 0 Å². The van der Waals surface area contributed by atoms with E-state index in [1.807, 2.05) is 6.07 Å². The Balaban J connectivity index is 1.92. The molecular formula is C12H16ClNO. The molecule has 0 aliphatic carbocycles. The molecular weight excluding hydrogens is 210 g/mol. The standard InChI is InChI=1S/C12H16ClNO/c13-9-12(6-7-15-10-12)14-8-11-4-2-1-3-5-11/h1-5,14H,6-10H2. The molecule has 2 nitrogen and oxygen atoms in total. The fourth-order valence-electron chi connectivity index (χ4n) is 1.78. The normalized spacial score (nSPS) is 25.7. The third kappa shape index (κ3) is 2.71. The van der Waals surface area contributed by atoms with Crippen molar-refractivity contribution in [2.24, 2.45) is 0 Å². The van der Waals surface area contributed by atoms with Gasteiger partial charge in [0.15, 0.2) is 0 Å². The second-order valence-corrected chi connectivity index (χ2v) is 4.32. The molecule has 0 bridgehead atoms. The van der Waals surface area contributed by atoms with E-state index in [1.165, 1.54) is 5.56 Å². The van der Waals surface area contributed by atoms with E-state index in [-0.39, 0.29) is 5.54 Å². The van der Waals surface area contributed by atoms with Gasteiger partial charge in [-0.3, -0.25) is 0 Å². The van der Waals surface area contributed by atoms with E-state index >= 15 is 0 Å². The highest BCUT2D eigenvalue weighted by Crippen LogP contribution is 2.20. The molecule has 1 heterocycles. The molecule has 1 aromatic rings. The average molecular weight is 226 g/mol. The molecule has 0 aromatic heterocycles. The van der Waals surface area contributed by atoms with E-state index < -0.39 is 0 Å². The first-order chi connectivity index (χ1) is 7.35. The number of alkyl halides is 1. The zero-order chi connectivity index (χ0) is 10.6. The van der Waals surface area contributed by atoms with E-state index in [0.717, 1.165) is 26.2 Å². The highest BCUT2D eigenvalue weighted by Gasteiger charge is 2.33. The van der Waals surface area contributed by atoms with Crippen molar-refractivity contribution in [2.45, 2.75) is 18.5 Å². The molecule has 2 rings (SSSR count). The van der Waals surface area contributed by atoms with Crippen LogP contribution in [-0.2, 0) is 11.3 Å². The first-order valence-corrected chi connectivity index (χ1v) is 5.81. The van der Waals surface area contributed by atoms with Crippen molar-refractivity contribution < 1.29 is 4.74 Å². The van der Waals surface area contributed by atoms with E-state index in [9.17, 15) is 0 Å². The van der Waals surface area contributed by atoms with Gasteiger partial charge >= 0.3 is 0 Å². The molecule has 1 unspecified atom stereocenters. The number of hydrogen-bond acceptors (Lipinski definition) is 2. The second kappa shape index (κ2) is 4.97. The van der Waals surface area contributed by atoms with Gasteiger partial charge in [0, 0.05) is 19.0 Å². The van der Waals surface area contributed by atoms with E-state index in [4.69, 9.17) is 16.3 Å². The van der Waals surface area contributed by atoms with Crippen LogP contribution < -0.4 is 5.32 Å². The minimum absolute atomic E-state index is 0.0165. The summed E-state index contributed by atoms with van der Waals surface area (Å²) in [7, 11) is 0. The first-order valence-electron chi connectivity index (χ1n) is 5.27. The zero-order valence-electron chi connectivity index (χ0n) is 8.71. The van der Waals surface area contributed by atoms with Crippen LogP contribution in [0.2, 0.25) is 0 Å². The lowest BCUT2D eigenvalue weighted by Gasteiger charge is -2.26. The topological polar surface area (TPSA) is 21.3 Å². The molecule has 1 N–H and O–H groups in total. The second-order valence-electron chi connectivity index (χ2n) is 4.06. The highest BCUT2D eigenvalue weighted by molar-refractivity contribution is 6.18. The lowest BCUT2D eigenvalue weighted by atomic mass is 10.0. The molecule has 1 aliphatic rings. The molecule has 82 valence electrons. The Morgan fingerprint density at radius 2 is 2.13 bits per heavy atom. The van der Waals surface area contributed by atoms with Crippen molar-refractivity contribution in [1.82, 2.24) is 5.32 Å². The van der Waals surface area contributed by atoms with Gasteiger partial charge in [-0.2, -0.15) is 0 Å². The van der Waals surface area contributed by atoms with Gasteiger partial charge in [-0.15, -0.1) is 11.6 Å². The predicted molar refractivity (Wildman–Crippen MR) is 62.2 cm³/mol. The first kappa shape index (κ1) is 10.9. The van der Waals surface area contributed by atoms with Crippen LogP contribution in [0, 0.1) is 0 Å². The maximum absolute atomic E-state index is 5.99. The summed E-state index contributed by atoms with van der Waals surface area (Å²) in [6, 6.07) is 10.4. The van der Waals surface area contributed by atoms with Gasteiger partial charge in [0.1, 0.15) is 0 Å². The SMILES string of the molecule is ClCC1(NCc2ccccc2)CCOC1. The lowest BCUT2D eigenvalue weighted by molar-refractivity contribution is 0.172. The fraction of sp³-hybridized carbons (Fsp3) is 0.500. The summed E-state index contributed by atoms with van der Waals surface area (Å²) >= 11 is 5.99. The predicted octanol–water partition coefficient (Wildman–Crippen LogP) is 2.17. The summed E-state index contributed by atoms with van der Waals surface area (Å²) in [6.45, 7) is 2.40. The van der Waals surface area contributed by atoms with Crippen LogP contribution in [0.1, 0.15) is 12.0 Å². The molecule has 1 saturated heterocycles. The summed E-state index contributed by atoms with van der Waals surface area (Å²) in [4.78, 5) is 0. The highest BCUT2D eigenvalue weighted by atomic mass is 35.5. The summed E-state index contributed by atoms with van der Waals surface area (Å²) in [5, 5.41) is 3.50. The van der Waals surface area contributed by atoms with Crippen molar-refractivity contribution in [2.75, 3.05) is 19.1 Å². The van der Waals surface area contributed by atoms with Gasteiger partial charge < -0.3 is 10.1 Å². The number of ether oxygens (including phenoxy) is 1. The van der Waals surface area contributed by atoms with Crippen LogP contribution in [0.15, 0.2) is 30.3 Å². The van der Waals surface area contributed by atoms with Gasteiger partial charge in [-0.1, -0.05) is 30.3 Å². The number of hydrogen-bond donors (Lipinski definition) is 1. The molecule has 0 saturated carbocycles. The maximum atomic E-state index is 5.99. The van der Waals surface area contributed by atoms with Crippen molar-refractivity contribution in [3.8, 4) is 0 Å². The Kier molecular flexibility index (Phi) is 3.62. The third-order valence-electron chi connectivity index (χ3n) is 2.87. The van der Waals surface area contributed by atoms with Gasteiger partial charge in [0.2, 0.25) is 0 Å². The molecule has 0 radical (unpaired) electrons. The van der Waals surface area contributed by atoms with Crippen molar-refractivity contribution in [3.05, 3.63) is 35.9 Å². The number of benzene rings is 1. The number of rotatable bonds is 4. The minimum Gasteiger partial charge on any atom is -0.379 e. The third-order valence-corrected chi connectivity index (χ3v) is 3.38. The van der Waals surface area contributed by atoms with Crippen LogP contribution in [0.3, 0.4) is 0 Å². The number of nitrogens with one attached hydrogen (secondary N) is 1. The smallest absolute Gasteiger partial charge is 0.0660 e. The van der Waals surface area contributed by atoms with Gasteiger partial charge in [-0.05, 0) is 12.0 Å². The molecule has 1 aliphatic heterocycles. The molecule has 1 aromatic carbocycles. The molecule has 1 fully saturated rings. The minimum atomic E-state index is -0.0165. The largest absolute Gasteiger partial charge is 0.379 e. The molecule has 3 heteroatoms. The molecule has 1 atom stereocenters. The average Bonchev–Trinajstić information content (AvgIpc) is 2.77. The van der Waals surface area contributed by atoms with Crippen LogP contribution >= 0.6 is 11.6 Å². The van der Waals surface area contributed by atoms with Crippen molar-refractivity contribution in [1.29, 1.82) is 0 Å². The Hall–Kier alpha value is -0.570. The summed E-state index contributed by atoms with van der Waals surface area (Å²) in [5.74, 6) is 0.611. The van der Waals surface area contributed by atoms with Crippen molar-refractivity contribution in [3.63, 3.8) is 0 Å². The Morgan fingerprint density at radius 1 is 1.33 bits per heavy atom. The fourth-order valence-corrected chi connectivity index (χ4v) is 2.09. The van der Waals surface area contributed by atoms with Gasteiger partial charge in [0.05, 0.1) is 12.1 Å². The summed E-state index contributed by atoms with van der Waals surface area (Å²) in [6.07, 6.45) is 1.00. The van der Waals surface area contributed by atoms with Gasteiger partial charge in [-0.25, -0.2) is 0 Å². The van der Waals surface area contributed by atoms with Crippen LogP contribution in [-0.4, -0.2) is 24.6 Å². The van der Waals surface area contributed by atoms with Crippen molar-refractivity contribution >= 4 is 11.6 Å². The van der Waals surface area contributed by atoms with E-state index in [1.54, 1.807) is 0 Å². The molecule has 0 amide bonds. The quantitative estimate of drug-likeness (QED) is 0.794. The Bertz CT molecular complexity index is 296. The zero-order valence-corrected chi connectivity index (χ0v) is 9.46. The maximum Gasteiger partial charge on any atom is 0.0660 e. The Labute approximate surface area is 95.6 Å². The summed E-state index contributed by atoms with van der Waals surface area (Å²) < 4.78 is 5.39. The number of halogens is 1. The molecule has 0 spiro atoms. The lowest BCUT2D eigenvalue weighted by Crippen LogP contribution is -2.47.